The number of pyridine rings is 1. The fourth-order valence-electron chi connectivity index (χ4n) is 7.65. The molecule has 352 valence electrons. The van der Waals surface area contributed by atoms with Crippen molar-refractivity contribution in [2.24, 2.45) is 17.2 Å². The molecule has 1 aliphatic rings. The number of nitrogens with zero attached hydrogens (tertiary/aromatic N) is 3. The number of hydrogen-bond acceptors (Lipinski definition) is 13. The van der Waals surface area contributed by atoms with Gasteiger partial charge in [0.2, 0.25) is 23.6 Å². The SMILES string of the molecule is CCCCCCOc1ccc2nc(C)c(C(=O)NC(CCN)C(=O)N(C)[C@@H]3C(=O)N[C@@H](C)C(=O)N[C@H](C(=O)NCC#N)Cc4ccc(OCCN)c(c4)-c4cc3ccc4OCCN)cc2c1. The predicted octanol–water partition coefficient (Wildman–Crippen LogP) is 2.68. The largest absolute Gasteiger partial charge is 0.494 e. The molecule has 2 heterocycles. The van der Waals surface area contributed by atoms with Gasteiger partial charge in [-0.2, -0.15) is 5.26 Å². The lowest BCUT2D eigenvalue weighted by Gasteiger charge is -2.32. The lowest BCUT2D eigenvalue weighted by molar-refractivity contribution is -0.141. The Morgan fingerprint density at radius 3 is 2.27 bits per heavy atom. The van der Waals surface area contributed by atoms with Crippen LogP contribution in [0.5, 0.6) is 17.2 Å². The number of rotatable bonds is 20. The van der Waals surface area contributed by atoms with E-state index in [0.717, 1.165) is 25.7 Å². The lowest BCUT2D eigenvalue weighted by Crippen LogP contribution is -2.56. The molecular weight excluding hydrogens is 845 g/mol. The molecular formula is C48H62N10O8. The number of hydrogen-bond donors (Lipinski definition) is 7. The Hall–Kier alpha value is -6.81. The molecule has 4 aromatic rings. The summed E-state index contributed by atoms with van der Waals surface area (Å²) < 4.78 is 18.2. The third-order valence-electron chi connectivity index (χ3n) is 11.1. The number of nitriles is 1. The molecule has 4 atom stereocenters. The molecule has 5 rings (SSSR count). The Bertz CT molecular complexity index is 2410. The molecule has 3 aromatic carbocycles. The maximum atomic E-state index is 14.7. The summed E-state index contributed by atoms with van der Waals surface area (Å²) in [6.45, 7) is 6.25. The van der Waals surface area contributed by atoms with Crippen LogP contribution in [-0.4, -0.2) is 111 Å². The molecule has 18 nitrogen and oxygen atoms in total. The van der Waals surface area contributed by atoms with Crippen molar-refractivity contribution in [3.8, 4) is 34.4 Å². The molecule has 0 aliphatic carbocycles. The highest BCUT2D eigenvalue weighted by atomic mass is 16.5. The summed E-state index contributed by atoms with van der Waals surface area (Å²) >= 11 is 0. The standard InChI is InChI=1S/C48H62N10O8/c1-5-6-7-8-21-64-34-11-12-38-33(26-34)28-35(29(2)54-38)45(60)56-39(15-16-49)48(63)58(4)43-32-10-14-42(66-23-19-52)37(27-32)36-24-31(9-13-41(36)65-22-18-51)25-40(46(61)53-20-17-50)57-44(59)30(3)55-47(43)62/h9-14,24,26-28,30,39-40,43H,5-8,15-16,18-23,25,49,51-52H2,1-4H3,(H,53,61)(H,55,62)(H,56,60)(H,57,59)/t30-,39?,40-,43-/m0/s1. The first kappa shape index (κ1) is 50.2. The van der Waals surface area contributed by atoms with Crippen LogP contribution in [0.15, 0.2) is 60.7 Å². The molecule has 0 saturated heterocycles. The monoisotopic (exact) mass is 906 g/mol. The number of aromatic nitrogens is 1. The number of carbonyl (C=O) groups excluding carboxylic acids is 5. The van der Waals surface area contributed by atoms with E-state index in [1.807, 2.05) is 24.3 Å². The Labute approximate surface area is 385 Å². The van der Waals surface area contributed by atoms with E-state index in [4.69, 9.17) is 31.4 Å². The van der Waals surface area contributed by atoms with Gasteiger partial charge in [-0.15, -0.1) is 0 Å². The highest BCUT2D eigenvalue weighted by Gasteiger charge is 2.36. The van der Waals surface area contributed by atoms with Crippen LogP contribution in [0, 0.1) is 18.3 Å². The molecule has 0 spiro atoms. The van der Waals surface area contributed by atoms with E-state index < -0.39 is 53.7 Å². The van der Waals surface area contributed by atoms with Gasteiger partial charge in [-0.05, 0) is 92.9 Å². The number of fused-ring (bicyclic) bond motifs is 6. The molecule has 0 radical (unpaired) electrons. The molecule has 1 unspecified atom stereocenters. The van der Waals surface area contributed by atoms with Crippen molar-refractivity contribution in [3.05, 3.63) is 83.0 Å². The van der Waals surface area contributed by atoms with Crippen LogP contribution < -0.4 is 52.7 Å². The molecule has 1 aromatic heterocycles. The van der Waals surface area contributed by atoms with Crippen LogP contribution >= 0.6 is 0 Å². The molecule has 66 heavy (non-hydrogen) atoms. The van der Waals surface area contributed by atoms with E-state index >= 15 is 0 Å². The topological polar surface area (TPSA) is 279 Å². The van der Waals surface area contributed by atoms with E-state index in [9.17, 15) is 29.2 Å². The van der Waals surface area contributed by atoms with E-state index in [1.54, 1.807) is 49.4 Å². The van der Waals surface area contributed by atoms with Crippen LogP contribution in [0.3, 0.4) is 0 Å². The van der Waals surface area contributed by atoms with Crippen LogP contribution in [0.4, 0.5) is 0 Å². The first-order chi connectivity index (χ1) is 31.8. The highest BCUT2D eigenvalue weighted by Crippen LogP contribution is 2.40. The Kier molecular flexibility index (Phi) is 18.6. The first-order valence-electron chi connectivity index (χ1n) is 22.3. The van der Waals surface area contributed by atoms with Crippen molar-refractivity contribution in [1.29, 1.82) is 5.26 Å². The maximum absolute atomic E-state index is 14.7. The van der Waals surface area contributed by atoms with Crippen LogP contribution in [0.1, 0.15) is 79.2 Å². The van der Waals surface area contributed by atoms with Gasteiger partial charge in [0, 0.05) is 43.1 Å². The molecule has 1 aliphatic heterocycles. The summed E-state index contributed by atoms with van der Waals surface area (Å²) in [7, 11) is 1.42. The third-order valence-corrected chi connectivity index (χ3v) is 11.1. The molecule has 0 saturated carbocycles. The Balaban J connectivity index is 1.55. The van der Waals surface area contributed by atoms with Gasteiger partial charge in [0.05, 0.1) is 29.5 Å². The van der Waals surface area contributed by atoms with Gasteiger partial charge in [0.15, 0.2) is 0 Å². The number of nitrogens with two attached hydrogens (primary N) is 3. The molecule has 18 heteroatoms. The molecule has 4 bridgehead atoms. The second-order valence-corrected chi connectivity index (χ2v) is 16.1. The summed E-state index contributed by atoms with van der Waals surface area (Å²) in [5.41, 5.74) is 20.9. The fraction of sp³-hybridized carbons (Fsp3) is 0.438. The number of nitrogens with one attached hydrogen (secondary N) is 4. The number of aryl methyl sites for hydroxylation is 1. The molecule has 5 amide bonds. The smallest absolute Gasteiger partial charge is 0.253 e. The lowest BCUT2D eigenvalue weighted by atomic mass is 9.93. The summed E-state index contributed by atoms with van der Waals surface area (Å²) in [6, 6.07) is 14.3. The van der Waals surface area contributed by atoms with Gasteiger partial charge in [-0.1, -0.05) is 38.3 Å². The molecule has 0 fully saturated rings. The van der Waals surface area contributed by atoms with Crippen LogP contribution in [-0.2, 0) is 25.6 Å². The summed E-state index contributed by atoms with van der Waals surface area (Å²) in [4.78, 5) is 76.4. The van der Waals surface area contributed by atoms with Gasteiger partial charge < -0.3 is 57.6 Å². The third kappa shape index (κ3) is 12.9. The number of benzene rings is 3. The van der Waals surface area contributed by atoms with Crippen molar-refractivity contribution < 1.29 is 38.2 Å². The Morgan fingerprint density at radius 2 is 1.59 bits per heavy atom. The zero-order valence-corrected chi connectivity index (χ0v) is 38.1. The van der Waals surface area contributed by atoms with Gasteiger partial charge in [-0.25, -0.2) is 0 Å². The van der Waals surface area contributed by atoms with Gasteiger partial charge in [0.25, 0.3) is 5.91 Å². The van der Waals surface area contributed by atoms with Gasteiger partial charge >= 0.3 is 0 Å². The number of ether oxygens (including phenoxy) is 3. The minimum atomic E-state index is -1.40. The highest BCUT2D eigenvalue weighted by molar-refractivity contribution is 6.02. The van der Waals surface area contributed by atoms with Crippen LogP contribution in [0.2, 0.25) is 0 Å². The fourth-order valence-corrected chi connectivity index (χ4v) is 7.65. The average molecular weight is 907 g/mol. The van der Waals surface area contributed by atoms with Crippen molar-refractivity contribution in [2.75, 3.05) is 53.0 Å². The normalized spacial score (nSPS) is 16.4. The number of carbonyl (C=O) groups is 5. The van der Waals surface area contributed by atoms with Crippen molar-refractivity contribution in [3.63, 3.8) is 0 Å². The first-order valence-corrected chi connectivity index (χ1v) is 22.3. The predicted molar refractivity (Wildman–Crippen MR) is 249 cm³/mol. The number of likely N-dealkylation sites (N-methyl/N-ethyl adjacent to an activating group) is 1. The van der Waals surface area contributed by atoms with E-state index in [2.05, 4.69) is 33.2 Å². The summed E-state index contributed by atoms with van der Waals surface area (Å²) in [6.07, 6.45) is 4.26. The van der Waals surface area contributed by atoms with Crippen molar-refractivity contribution in [1.82, 2.24) is 31.2 Å². The summed E-state index contributed by atoms with van der Waals surface area (Å²) in [5.74, 6) is -1.86. The van der Waals surface area contributed by atoms with E-state index in [0.29, 0.717) is 62.7 Å². The van der Waals surface area contributed by atoms with E-state index in [-0.39, 0.29) is 57.8 Å². The minimum Gasteiger partial charge on any atom is -0.494 e. The van der Waals surface area contributed by atoms with Crippen molar-refractivity contribution >= 4 is 40.4 Å². The quantitative estimate of drug-likeness (QED) is 0.0497. The second kappa shape index (κ2) is 24.5. The zero-order valence-electron chi connectivity index (χ0n) is 38.1. The average Bonchev–Trinajstić information content (AvgIpc) is 3.31. The van der Waals surface area contributed by atoms with E-state index in [1.165, 1.54) is 18.9 Å². The van der Waals surface area contributed by atoms with Crippen LogP contribution in [0.25, 0.3) is 22.0 Å². The van der Waals surface area contributed by atoms with Gasteiger partial charge in [-0.3, -0.25) is 29.0 Å². The maximum Gasteiger partial charge on any atom is 0.253 e. The zero-order chi connectivity index (χ0) is 47.8. The molecule has 10 N–H and O–H groups in total. The summed E-state index contributed by atoms with van der Waals surface area (Å²) in [5, 5.41) is 20.6. The second-order valence-electron chi connectivity index (χ2n) is 16.1. The number of unbranched alkanes of at least 4 members (excludes halogenated alkanes) is 3. The number of amides is 5. The minimum absolute atomic E-state index is 0.00404. The van der Waals surface area contributed by atoms with Gasteiger partial charge in [0.1, 0.15) is 61.2 Å². The Morgan fingerprint density at radius 1 is 0.879 bits per heavy atom. The van der Waals surface area contributed by atoms with Crippen molar-refractivity contribution in [2.45, 2.75) is 83.5 Å².